The van der Waals surface area contributed by atoms with Crippen molar-refractivity contribution in [1.82, 2.24) is 0 Å². The summed E-state index contributed by atoms with van der Waals surface area (Å²) in [6, 6.07) is 67.8. The van der Waals surface area contributed by atoms with Crippen LogP contribution in [-0.4, -0.2) is 0 Å². The SMILES string of the molecule is CC1(C)c2ccccc2-c2cc(-c3c4ccccc4c(-c4ccc(-c5ccc6cc7sc8cc9c(cc8c7cc6c5)oc5ccccc59)cc4)c4ccccc34)ccc21. The average molecular weight is 769 g/mol. The molecule has 0 spiro atoms. The van der Waals surface area contributed by atoms with Crippen LogP contribution in [0.3, 0.4) is 0 Å². The fourth-order valence-electron chi connectivity index (χ4n) is 10.4. The molecule has 2 aromatic heterocycles. The number of hydrogen-bond donors (Lipinski definition) is 0. The molecule has 0 N–H and O–H groups in total. The lowest BCUT2D eigenvalue weighted by Gasteiger charge is -2.22. The van der Waals surface area contributed by atoms with Crippen molar-refractivity contribution < 1.29 is 4.42 Å². The van der Waals surface area contributed by atoms with Gasteiger partial charge in [0.05, 0.1) is 0 Å². The molecule has 2 heterocycles. The van der Waals surface area contributed by atoms with E-state index in [1.807, 2.05) is 17.4 Å². The Labute approximate surface area is 345 Å². The highest BCUT2D eigenvalue weighted by Gasteiger charge is 2.35. The highest BCUT2D eigenvalue weighted by Crippen LogP contribution is 2.51. The van der Waals surface area contributed by atoms with Crippen LogP contribution in [-0.2, 0) is 5.41 Å². The van der Waals surface area contributed by atoms with Crippen LogP contribution in [0.15, 0.2) is 186 Å². The average Bonchev–Trinajstić information content (AvgIpc) is 3.89. The number of fused-ring (bicyclic) bond motifs is 12. The highest BCUT2D eigenvalue weighted by atomic mass is 32.1. The van der Waals surface area contributed by atoms with Crippen molar-refractivity contribution in [2.45, 2.75) is 19.3 Å². The second kappa shape index (κ2) is 12.0. The molecule has 276 valence electrons. The van der Waals surface area contributed by atoms with E-state index in [0.717, 1.165) is 11.2 Å². The molecule has 1 aliphatic carbocycles. The minimum absolute atomic E-state index is 0.0208. The molecule has 0 aliphatic heterocycles. The number of benzene rings is 10. The smallest absolute Gasteiger partial charge is 0.136 e. The molecule has 0 unspecified atom stereocenters. The van der Waals surface area contributed by atoms with Gasteiger partial charge in [-0.15, -0.1) is 11.3 Å². The molecule has 13 rings (SSSR count). The Morgan fingerprint density at radius 1 is 0.356 bits per heavy atom. The van der Waals surface area contributed by atoms with Crippen LogP contribution < -0.4 is 0 Å². The Bertz CT molecular complexity index is 3690. The van der Waals surface area contributed by atoms with Crippen LogP contribution >= 0.6 is 11.3 Å². The van der Waals surface area contributed by atoms with Gasteiger partial charge in [-0.25, -0.2) is 0 Å². The van der Waals surface area contributed by atoms with Gasteiger partial charge in [0.2, 0.25) is 0 Å². The molecule has 0 fully saturated rings. The summed E-state index contributed by atoms with van der Waals surface area (Å²) in [5.41, 5.74) is 14.9. The molecule has 12 aromatic rings. The van der Waals surface area contributed by atoms with E-state index in [4.69, 9.17) is 4.42 Å². The van der Waals surface area contributed by atoms with Crippen molar-refractivity contribution >= 4 is 85.8 Å². The van der Waals surface area contributed by atoms with Gasteiger partial charge in [-0.05, 0) is 130 Å². The minimum atomic E-state index is -0.0208. The fraction of sp³-hybridized carbons (Fsp3) is 0.0526. The molecule has 10 aromatic carbocycles. The van der Waals surface area contributed by atoms with E-state index in [2.05, 4.69) is 190 Å². The molecule has 59 heavy (non-hydrogen) atoms. The number of para-hydroxylation sites is 1. The largest absolute Gasteiger partial charge is 0.456 e. The van der Waals surface area contributed by atoms with E-state index < -0.39 is 0 Å². The Kier molecular flexibility index (Phi) is 6.73. The normalized spacial score (nSPS) is 13.4. The number of hydrogen-bond acceptors (Lipinski definition) is 2. The highest BCUT2D eigenvalue weighted by molar-refractivity contribution is 7.26. The van der Waals surface area contributed by atoms with Crippen molar-refractivity contribution in [2.24, 2.45) is 0 Å². The first-order chi connectivity index (χ1) is 29.0. The predicted molar refractivity (Wildman–Crippen MR) is 253 cm³/mol. The molecule has 0 saturated heterocycles. The van der Waals surface area contributed by atoms with Gasteiger partial charge in [0.25, 0.3) is 0 Å². The Hall–Kier alpha value is -7.00. The summed E-state index contributed by atoms with van der Waals surface area (Å²) in [7, 11) is 0. The zero-order chi connectivity index (χ0) is 39.0. The van der Waals surface area contributed by atoms with Gasteiger partial charge in [0.1, 0.15) is 11.2 Å². The third-order valence-electron chi connectivity index (χ3n) is 13.2. The topological polar surface area (TPSA) is 13.1 Å². The van der Waals surface area contributed by atoms with Crippen LogP contribution in [0.2, 0.25) is 0 Å². The summed E-state index contributed by atoms with van der Waals surface area (Å²) in [6.45, 7) is 4.71. The van der Waals surface area contributed by atoms with Crippen molar-refractivity contribution in [3.8, 4) is 44.5 Å². The Balaban J connectivity index is 0.920. The first-order valence-electron chi connectivity index (χ1n) is 20.5. The summed E-state index contributed by atoms with van der Waals surface area (Å²) in [5, 5.41) is 12.5. The fourth-order valence-corrected chi connectivity index (χ4v) is 11.5. The molecule has 0 atom stereocenters. The van der Waals surface area contributed by atoms with E-state index in [1.54, 1.807) is 0 Å². The molecular weight excluding hydrogens is 733 g/mol. The molecular formula is C57H36OS. The second-order valence-electron chi connectivity index (χ2n) is 16.8. The monoisotopic (exact) mass is 768 g/mol. The third-order valence-corrected chi connectivity index (χ3v) is 14.4. The molecule has 2 heteroatoms. The van der Waals surface area contributed by atoms with E-state index in [1.165, 1.54) is 119 Å². The summed E-state index contributed by atoms with van der Waals surface area (Å²) in [6.07, 6.45) is 0. The molecule has 1 aliphatic rings. The maximum Gasteiger partial charge on any atom is 0.136 e. The standard InChI is InChI=1S/C57H36OS/c1-57(2)49-17-9-7-11-39(49)45-28-37(25-26-50(45)57)56-43-15-5-3-13-41(43)55(42-14-4-6-16-44(42)56)34-21-19-33(20-22-34)35-23-24-36-30-53-47(29-38(36)27-35)48-31-52-46(32-54(48)59-53)40-12-8-10-18-51(40)58-52/h3-32H,1-2H3. The van der Waals surface area contributed by atoms with Gasteiger partial charge >= 0.3 is 0 Å². The van der Waals surface area contributed by atoms with Gasteiger partial charge < -0.3 is 4.42 Å². The lowest BCUT2D eigenvalue weighted by molar-refractivity contribution is 0.660. The maximum atomic E-state index is 6.29. The second-order valence-corrected chi connectivity index (χ2v) is 17.9. The molecule has 1 nitrogen and oxygen atoms in total. The predicted octanol–water partition coefficient (Wildman–Crippen LogP) is 16.7. The molecule has 0 bridgehead atoms. The van der Waals surface area contributed by atoms with Crippen molar-refractivity contribution in [2.75, 3.05) is 0 Å². The van der Waals surface area contributed by atoms with Gasteiger partial charge in [0.15, 0.2) is 0 Å². The van der Waals surface area contributed by atoms with Gasteiger partial charge in [-0.2, -0.15) is 0 Å². The third kappa shape index (κ3) is 4.72. The van der Waals surface area contributed by atoms with Gasteiger partial charge in [0, 0.05) is 36.4 Å². The van der Waals surface area contributed by atoms with Crippen molar-refractivity contribution in [3.63, 3.8) is 0 Å². The zero-order valence-electron chi connectivity index (χ0n) is 32.6. The molecule has 0 saturated carbocycles. The van der Waals surface area contributed by atoms with Crippen molar-refractivity contribution in [1.29, 1.82) is 0 Å². The minimum Gasteiger partial charge on any atom is -0.456 e. The number of furan rings is 1. The molecule has 0 radical (unpaired) electrons. The first kappa shape index (κ1) is 33.0. The number of thiophene rings is 1. The van der Waals surface area contributed by atoms with Gasteiger partial charge in [-0.3, -0.25) is 0 Å². The summed E-state index contributed by atoms with van der Waals surface area (Å²) in [4.78, 5) is 0. The quantitative estimate of drug-likeness (QED) is 0.163. The molecule has 0 amide bonds. The van der Waals surface area contributed by atoms with Crippen LogP contribution in [0.25, 0.3) is 119 Å². The van der Waals surface area contributed by atoms with Crippen LogP contribution in [0.4, 0.5) is 0 Å². The Morgan fingerprint density at radius 3 is 1.69 bits per heavy atom. The van der Waals surface area contributed by atoms with E-state index in [-0.39, 0.29) is 5.41 Å². The Morgan fingerprint density at radius 2 is 0.932 bits per heavy atom. The summed E-state index contributed by atoms with van der Waals surface area (Å²) in [5.74, 6) is 0. The van der Waals surface area contributed by atoms with Crippen LogP contribution in [0.1, 0.15) is 25.0 Å². The van der Waals surface area contributed by atoms with Crippen LogP contribution in [0.5, 0.6) is 0 Å². The van der Waals surface area contributed by atoms with E-state index in [9.17, 15) is 0 Å². The lowest BCUT2D eigenvalue weighted by Crippen LogP contribution is -2.14. The summed E-state index contributed by atoms with van der Waals surface area (Å²) >= 11 is 1.86. The number of rotatable bonds is 3. The maximum absolute atomic E-state index is 6.29. The van der Waals surface area contributed by atoms with Crippen molar-refractivity contribution in [3.05, 3.63) is 193 Å². The van der Waals surface area contributed by atoms with Gasteiger partial charge in [-0.1, -0.05) is 153 Å². The van der Waals surface area contributed by atoms with Crippen LogP contribution in [0, 0.1) is 0 Å². The lowest BCUT2D eigenvalue weighted by atomic mass is 9.81. The first-order valence-corrected chi connectivity index (χ1v) is 21.3. The van der Waals surface area contributed by atoms with E-state index >= 15 is 0 Å². The van der Waals surface area contributed by atoms with E-state index in [0.29, 0.717) is 0 Å². The summed E-state index contributed by atoms with van der Waals surface area (Å²) < 4.78 is 8.89. The zero-order valence-corrected chi connectivity index (χ0v) is 33.5.